The van der Waals surface area contributed by atoms with Crippen LogP contribution in [0.2, 0.25) is 0 Å². The molecule has 4 nitrogen and oxygen atoms in total. The maximum atomic E-state index is 5.50. The molecule has 0 aromatic heterocycles. The van der Waals surface area contributed by atoms with Gasteiger partial charge in [0.25, 0.3) is 0 Å². The number of guanidine groups is 1. The first-order valence-electron chi connectivity index (χ1n) is 7.67. The molecule has 0 spiro atoms. The number of hydrogen-bond acceptors (Lipinski definition) is 4. The Morgan fingerprint density at radius 3 is 2.36 bits per heavy atom. The second-order valence-corrected chi connectivity index (χ2v) is 8.80. The number of nitrogens with one attached hydrogen (secondary N) is 2. The Bertz CT molecular complexity index is 335. The highest BCUT2D eigenvalue weighted by molar-refractivity contribution is 14.0. The molecule has 1 saturated heterocycles. The number of halogens is 1. The first-order chi connectivity index (χ1) is 9.97. The molecule has 1 fully saturated rings. The number of nitrogens with zero attached hydrogens (tertiary/aromatic N) is 1. The van der Waals surface area contributed by atoms with Gasteiger partial charge in [0.15, 0.2) is 5.96 Å². The fourth-order valence-corrected chi connectivity index (χ4v) is 3.10. The third kappa shape index (κ3) is 7.97. The largest absolute Gasteiger partial charge is 0.381 e. The molecule has 0 aromatic rings. The van der Waals surface area contributed by atoms with Crippen LogP contribution in [0, 0.1) is 0 Å². The lowest BCUT2D eigenvalue weighted by Crippen LogP contribution is -2.48. The van der Waals surface area contributed by atoms with Crippen molar-refractivity contribution in [3.05, 3.63) is 0 Å². The van der Waals surface area contributed by atoms with Crippen LogP contribution in [0.5, 0.6) is 0 Å². The Balaban J connectivity index is 0.00000441. The zero-order chi connectivity index (χ0) is 15.8. The van der Waals surface area contributed by atoms with Crippen LogP contribution in [-0.4, -0.2) is 60.8 Å². The zero-order valence-corrected chi connectivity index (χ0v) is 18.5. The molecule has 1 aliphatic heterocycles. The molecule has 1 heterocycles. The topological polar surface area (TPSA) is 45.7 Å². The van der Waals surface area contributed by atoms with E-state index in [1.54, 1.807) is 0 Å². The molecule has 132 valence electrons. The number of ether oxygens (including phenoxy) is 1. The molecule has 1 rings (SSSR count). The molecule has 7 heteroatoms. The lowest BCUT2D eigenvalue weighted by atomic mass is 9.99. The van der Waals surface area contributed by atoms with Crippen LogP contribution in [-0.2, 0) is 4.74 Å². The van der Waals surface area contributed by atoms with Crippen molar-refractivity contribution in [1.29, 1.82) is 0 Å². The standard InChI is InChI=1S/C15H31N3OS2.HI/c1-6-16-13(17-11-14(2,3)20-4)18-12-15(21-5)7-9-19-10-8-15;/h6-12H2,1-5H3,(H2,16,17,18);1H. The molecule has 2 N–H and O–H groups in total. The van der Waals surface area contributed by atoms with Gasteiger partial charge in [0.05, 0.1) is 6.54 Å². The summed E-state index contributed by atoms with van der Waals surface area (Å²) in [7, 11) is 0. The van der Waals surface area contributed by atoms with Gasteiger partial charge in [-0.3, -0.25) is 4.99 Å². The van der Waals surface area contributed by atoms with E-state index in [0.29, 0.717) is 0 Å². The van der Waals surface area contributed by atoms with Gasteiger partial charge in [-0.15, -0.1) is 24.0 Å². The fourth-order valence-electron chi connectivity index (χ4n) is 2.12. The molecule has 1 aliphatic rings. The molecular formula is C15H32IN3OS2. The number of rotatable bonds is 7. The van der Waals surface area contributed by atoms with Crippen LogP contribution in [0.25, 0.3) is 0 Å². The molecule has 0 atom stereocenters. The smallest absolute Gasteiger partial charge is 0.191 e. The minimum absolute atomic E-state index is 0. The predicted molar refractivity (Wildman–Crippen MR) is 113 cm³/mol. The third-order valence-corrected chi connectivity index (χ3v) is 6.58. The summed E-state index contributed by atoms with van der Waals surface area (Å²) < 4.78 is 5.96. The van der Waals surface area contributed by atoms with Gasteiger partial charge < -0.3 is 15.4 Å². The van der Waals surface area contributed by atoms with Crippen molar-refractivity contribution in [1.82, 2.24) is 10.6 Å². The van der Waals surface area contributed by atoms with Crippen LogP contribution in [0.3, 0.4) is 0 Å². The summed E-state index contributed by atoms with van der Waals surface area (Å²) in [5.41, 5.74) is 0. The summed E-state index contributed by atoms with van der Waals surface area (Å²) in [6.07, 6.45) is 6.56. The van der Waals surface area contributed by atoms with Crippen LogP contribution >= 0.6 is 47.5 Å². The lowest BCUT2D eigenvalue weighted by Gasteiger charge is -2.36. The van der Waals surface area contributed by atoms with Gasteiger partial charge in [0.1, 0.15) is 0 Å². The van der Waals surface area contributed by atoms with Crippen molar-refractivity contribution in [3.63, 3.8) is 0 Å². The Labute approximate surface area is 161 Å². The maximum Gasteiger partial charge on any atom is 0.191 e. The van der Waals surface area contributed by atoms with E-state index in [1.807, 2.05) is 23.5 Å². The summed E-state index contributed by atoms with van der Waals surface area (Å²) in [5.74, 6) is 0.930. The van der Waals surface area contributed by atoms with Gasteiger partial charge in [0.2, 0.25) is 0 Å². The average Bonchev–Trinajstić information content (AvgIpc) is 2.51. The van der Waals surface area contributed by atoms with Crippen molar-refractivity contribution in [2.24, 2.45) is 4.99 Å². The minimum atomic E-state index is 0. The molecule has 0 radical (unpaired) electrons. The molecule has 22 heavy (non-hydrogen) atoms. The highest BCUT2D eigenvalue weighted by Gasteiger charge is 2.31. The monoisotopic (exact) mass is 461 g/mol. The van der Waals surface area contributed by atoms with Gasteiger partial charge in [-0.25, -0.2) is 0 Å². The van der Waals surface area contributed by atoms with Crippen molar-refractivity contribution in [2.75, 3.05) is 45.4 Å². The van der Waals surface area contributed by atoms with Crippen LogP contribution < -0.4 is 10.6 Å². The minimum Gasteiger partial charge on any atom is -0.381 e. The number of thioether (sulfide) groups is 2. The first kappa shape index (κ1) is 22.7. The van der Waals surface area contributed by atoms with Crippen molar-refractivity contribution in [3.8, 4) is 0 Å². The van der Waals surface area contributed by atoms with E-state index in [9.17, 15) is 0 Å². The molecule has 0 aliphatic carbocycles. The summed E-state index contributed by atoms with van der Waals surface area (Å²) in [4.78, 5) is 4.74. The van der Waals surface area contributed by atoms with Gasteiger partial charge >= 0.3 is 0 Å². The molecule has 0 aromatic carbocycles. The van der Waals surface area contributed by atoms with Crippen molar-refractivity contribution in [2.45, 2.75) is 43.1 Å². The fraction of sp³-hybridized carbons (Fsp3) is 0.933. The van der Waals surface area contributed by atoms with E-state index < -0.39 is 0 Å². The van der Waals surface area contributed by atoms with Crippen molar-refractivity contribution < 1.29 is 4.74 Å². The van der Waals surface area contributed by atoms with Gasteiger partial charge in [-0.2, -0.15) is 23.5 Å². The highest BCUT2D eigenvalue weighted by Crippen LogP contribution is 2.32. The third-order valence-electron chi connectivity index (χ3n) is 3.93. The Hall–Kier alpha value is 0.660. The van der Waals surface area contributed by atoms with Gasteiger partial charge in [-0.1, -0.05) is 0 Å². The van der Waals surface area contributed by atoms with Crippen LogP contribution in [0.1, 0.15) is 33.6 Å². The highest BCUT2D eigenvalue weighted by atomic mass is 127. The van der Waals surface area contributed by atoms with E-state index >= 15 is 0 Å². The van der Waals surface area contributed by atoms with E-state index in [1.165, 1.54) is 0 Å². The molecule has 0 bridgehead atoms. The predicted octanol–water partition coefficient (Wildman–Crippen LogP) is 3.21. The Morgan fingerprint density at radius 2 is 1.86 bits per heavy atom. The average molecular weight is 461 g/mol. The van der Waals surface area contributed by atoms with Crippen LogP contribution in [0.4, 0.5) is 0 Å². The molecular weight excluding hydrogens is 429 g/mol. The second kappa shape index (κ2) is 11.3. The summed E-state index contributed by atoms with van der Waals surface area (Å²) in [6, 6.07) is 0. The van der Waals surface area contributed by atoms with Crippen molar-refractivity contribution >= 4 is 53.5 Å². The van der Waals surface area contributed by atoms with Crippen LogP contribution in [0.15, 0.2) is 4.99 Å². The Kier molecular flexibility index (Phi) is 11.6. The number of hydrogen-bond donors (Lipinski definition) is 2. The van der Waals surface area contributed by atoms with E-state index in [2.05, 4.69) is 43.9 Å². The number of aliphatic imine (C=N–C) groups is 1. The first-order valence-corrected chi connectivity index (χ1v) is 10.1. The normalized spacial score (nSPS) is 18.5. The summed E-state index contributed by atoms with van der Waals surface area (Å²) in [5, 5.41) is 6.88. The molecule has 0 saturated carbocycles. The quantitative estimate of drug-likeness (QED) is 0.347. The second-order valence-electron chi connectivity index (χ2n) is 6.01. The Morgan fingerprint density at radius 1 is 1.23 bits per heavy atom. The van der Waals surface area contributed by atoms with E-state index in [-0.39, 0.29) is 33.5 Å². The zero-order valence-electron chi connectivity index (χ0n) is 14.5. The maximum absolute atomic E-state index is 5.50. The molecule has 0 amide bonds. The van der Waals surface area contributed by atoms with E-state index in [0.717, 1.165) is 51.6 Å². The SMILES string of the molecule is CCNC(=NCC(C)(C)SC)NCC1(SC)CCOCC1.I. The molecule has 0 unspecified atom stereocenters. The summed E-state index contributed by atoms with van der Waals surface area (Å²) in [6.45, 7) is 11.0. The van der Waals surface area contributed by atoms with E-state index in [4.69, 9.17) is 9.73 Å². The van der Waals surface area contributed by atoms with Gasteiger partial charge in [0, 0.05) is 35.8 Å². The summed E-state index contributed by atoms with van der Waals surface area (Å²) >= 11 is 3.81. The van der Waals surface area contributed by atoms with Gasteiger partial charge in [-0.05, 0) is 46.1 Å². The lowest BCUT2D eigenvalue weighted by molar-refractivity contribution is 0.0783.